The zero-order valence-corrected chi connectivity index (χ0v) is 18.8. The van der Waals surface area contributed by atoms with Gasteiger partial charge in [0.05, 0.1) is 10.6 Å². The number of amides is 1. The Balaban J connectivity index is 1.63. The second-order valence-electron chi connectivity index (χ2n) is 7.60. The molecule has 0 fully saturated rings. The van der Waals surface area contributed by atoms with Crippen molar-refractivity contribution in [2.24, 2.45) is 0 Å². The Morgan fingerprint density at radius 2 is 2.00 bits per heavy atom. The number of carbonyl (C=O) groups is 1. The number of aromatic nitrogens is 4. The fourth-order valence-corrected chi connectivity index (χ4v) is 3.68. The van der Waals surface area contributed by atoms with Gasteiger partial charge in [0.15, 0.2) is 6.61 Å². The molecule has 1 amide bonds. The molecule has 0 aliphatic rings. The highest BCUT2D eigenvalue weighted by Gasteiger charge is 2.17. The van der Waals surface area contributed by atoms with Crippen molar-refractivity contribution in [2.45, 2.75) is 26.7 Å². The van der Waals surface area contributed by atoms with Crippen LogP contribution in [0.15, 0.2) is 58.7 Å². The number of rotatable bonds is 7. The summed E-state index contributed by atoms with van der Waals surface area (Å²) in [5, 5.41) is 9.35. The lowest BCUT2D eigenvalue weighted by Crippen LogP contribution is -2.23. The van der Waals surface area contributed by atoms with Gasteiger partial charge in [-0.1, -0.05) is 37.6 Å². The Labute approximate surface area is 188 Å². The van der Waals surface area contributed by atoms with Crippen LogP contribution in [-0.2, 0) is 4.79 Å². The van der Waals surface area contributed by atoms with Crippen molar-refractivity contribution >= 4 is 23.1 Å². The van der Waals surface area contributed by atoms with E-state index in [4.69, 9.17) is 4.74 Å². The number of hydrogen-bond acceptors (Lipinski definition) is 6. The van der Waals surface area contributed by atoms with Crippen molar-refractivity contribution < 1.29 is 9.53 Å². The number of carbonyl (C=O) groups excluding carboxylic acids is 1. The van der Waals surface area contributed by atoms with Gasteiger partial charge in [0, 0.05) is 12.1 Å². The molecule has 0 aliphatic heterocycles. The molecule has 0 atom stereocenters. The highest BCUT2D eigenvalue weighted by atomic mass is 32.1. The standard InChI is InChI=1S/C23H23N5O3S/c1-14(2)17-12-21(29)26-23(24-17)28-20(11-18(27-28)19-5-4-10-32-19)25-22(30)13-31-16-8-6-15(3)7-9-16/h4-12,14H,13H2,1-3H3,(H,25,30)(H,24,26,29). The first-order valence-corrected chi connectivity index (χ1v) is 11.0. The molecule has 0 bridgehead atoms. The van der Waals surface area contributed by atoms with Gasteiger partial charge < -0.3 is 10.1 Å². The van der Waals surface area contributed by atoms with E-state index < -0.39 is 0 Å². The highest BCUT2D eigenvalue weighted by Crippen LogP contribution is 2.27. The third-order valence-electron chi connectivity index (χ3n) is 4.68. The van der Waals surface area contributed by atoms with Gasteiger partial charge in [0.1, 0.15) is 17.3 Å². The summed E-state index contributed by atoms with van der Waals surface area (Å²) < 4.78 is 7.01. The molecule has 32 heavy (non-hydrogen) atoms. The monoisotopic (exact) mass is 449 g/mol. The van der Waals surface area contributed by atoms with E-state index in [0.717, 1.165) is 10.4 Å². The Morgan fingerprint density at radius 3 is 2.69 bits per heavy atom. The number of aromatic amines is 1. The molecule has 3 heterocycles. The Bertz CT molecular complexity index is 1270. The van der Waals surface area contributed by atoms with Gasteiger partial charge in [-0.25, -0.2) is 4.98 Å². The number of anilines is 1. The maximum atomic E-state index is 12.6. The van der Waals surface area contributed by atoms with Crippen LogP contribution in [0.2, 0.25) is 0 Å². The summed E-state index contributed by atoms with van der Waals surface area (Å²) in [6.45, 7) is 5.72. The molecule has 0 radical (unpaired) electrons. The minimum Gasteiger partial charge on any atom is -0.484 e. The second kappa shape index (κ2) is 9.19. The van der Waals surface area contributed by atoms with E-state index in [1.807, 2.05) is 62.5 Å². The molecule has 0 saturated carbocycles. The van der Waals surface area contributed by atoms with E-state index in [9.17, 15) is 9.59 Å². The average molecular weight is 450 g/mol. The molecule has 4 rings (SSSR count). The van der Waals surface area contributed by atoms with Crippen LogP contribution in [0.25, 0.3) is 16.5 Å². The Kier molecular flexibility index (Phi) is 6.18. The molecular formula is C23H23N5O3S. The van der Waals surface area contributed by atoms with Crippen LogP contribution in [0, 0.1) is 6.92 Å². The van der Waals surface area contributed by atoms with Crippen LogP contribution in [0.4, 0.5) is 5.82 Å². The molecule has 164 valence electrons. The van der Waals surface area contributed by atoms with E-state index >= 15 is 0 Å². The zero-order chi connectivity index (χ0) is 22.7. The van der Waals surface area contributed by atoms with Crippen LogP contribution in [0.1, 0.15) is 31.0 Å². The highest BCUT2D eigenvalue weighted by molar-refractivity contribution is 7.13. The normalized spacial score (nSPS) is 11.0. The number of aryl methyl sites for hydroxylation is 1. The minimum absolute atomic E-state index is 0.0596. The van der Waals surface area contributed by atoms with Gasteiger partial charge in [-0.3, -0.25) is 14.6 Å². The van der Waals surface area contributed by atoms with Crippen molar-refractivity contribution in [3.8, 4) is 22.3 Å². The van der Waals surface area contributed by atoms with Crippen molar-refractivity contribution in [3.63, 3.8) is 0 Å². The van der Waals surface area contributed by atoms with E-state index in [1.165, 1.54) is 22.1 Å². The van der Waals surface area contributed by atoms with Crippen molar-refractivity contribution in [3.05, 3.63) is 75.5 Å². The summed E-state index contributed by atoms with van der Waals surface area (Å²) in [6, 6.07) is 14.5. The molecular weight excluding hydrogens is 426 g/mol. The molecule has 0 aliphatic carbocycles. The van der Waals surface area contributed by atoms with Crippen molar-refractivity contribution in [1.29, 1.82) is 0 Å². The van der Waals surface area contributed by atoms with E-state index in [0.29, 0.717) is 23.0 Å². The first-order chi connectivity index (χ1) is 15.4. The number of nitrogens with one attached hydrogen (secondary N) is 2. The van der Waals surface area contributed by atoms with Crippen LogP contribution >= 0.6 is 11.3 Å². The predicted molar refractivity (Wildman–Crippen MR) is 125 cm³/mol. The van der Waals surface area contributed by atoms with Gasteiger partial charge in [-0.2, -0.15) is 9.78 Å². The third-order valence-corrected chi connectivity index (χ3v) is 5.57. The summed E-state index contributed by atoms with van der Waals surface area (Å²) >= 11 is 1.53. The van der Waals surface area contributed by atoms with E-state index in [-0.39, 0.29) is 29.9 Å². The molecule has 0 saturated heterocycles. The summed E-state index contributed by atoms with van der Waals surface area (Å²) in [5.74, 6) is 0.930. The Hall–Kier alpha value is -3.72. The summed E-state index contributed by atoms with van der Waals surface area (Å²) in [6.07, 6.45) is 0. The number of benzene rings is 1. The van der Waals surface area contributed by atoms with Gasteiger partial charge in [0.2, 0.25) is 5.95 Å². The van der Waals surface area contributed by atoms with E-state index in [1.54, 1.807) is 6.07 Å². The second-order valence-corrected chi connectivity index (χ2v) is 8.55. The maximum absolute atomic E-state index is 12.6. The van der Waals surface area contributed by atoms with Crippen LogP contribution < -0.4 is 15.6 Å². The molecule has 4 aromatic rings. The number of ether oxygens (including phenoxy) is 1. The van der Waals surface area contributed by atoms with Crippen molar-refractivity contribution in [2.75, 3.05) is 11.9 Å². The summed E-state index contributed by atoms with van der Waals surface area (Å²) in [5.41, 5.74) is 2.12. The zero-order valence-electron chi connectivity index (χ0n) is 18.0. The summed E-state index contributed by atoms with van der Waals surface area (Å²) in [7, 11) is 0. The fraction of sp³-hybridized carbons (Fsp3) is 0.217. The van der Waals surface area contributed by atoms with Gasteiger partial charge in [-0.15, -0.1) is 11.3 Å². The molecule has 1 aromatic carbocycles. The maximum Gasteiger partial charge on any atom is 0.263 e. The molecule has 2 N–H and O–H groups in total. The van der Waals surface area contributed by atoms with Crippen LogP contribution in [0.3, 0.4) is 0 Å². The fourth-order valence-electron chi connectivity index (χ4n) is 3.00. The van der Waals surface area contributed by atoms with Gasteiger partial charge in [0.25, 0.3) is 11.5 Å². The number of thiophene rings is 1. The number of H-pyrrole nitrogens is 1. The minimum atomic E-state index is -0.355. The first kappa shape index (κ1) is 21.5. The molecule has 9 heteroatoms. The molecule has 3 aromatic heterocycles. The number of hydrogen-bond donors (Lipinski definition) is 2. The molecule has 0 unspecified atom stereocenters. The van der Waals surface area contributed by atoms with Gasteiger partial charge >= 0.3 is 0 Å². The quantitative estimate of drug-likeness (QED) is 0.442. The lowest BCUT2D eigenvalue weighted by Gasteiger charge is -2.11. The largest absolute Gasteiger partial charge is 0.484 e. The SMILES string of the molecule is Cc1ccc(OCC(=O)Nc2cc(-c3cccs3)nn2-c2nc(C(C)C)cc(=O)[nH]2)cc1. The summed E-state index contributed by atoms with van der Waals surface area (Å²) in [4.78, 5) is 33.0. The van der Waals surface area contributed by atoms with Crippen molar-refractivity contribution in [1.82, 2.24) is 19.7 Å². The lowest BCUT2D eigenvalue weighted by atomic mass is 10.1. The first-order valence-electron chi connectivity index (χ1n) is 10.1. The number of nitrogens with zero attached hydrogens (tertiary/aromatic N) is 3. The Morgan fingerprint density at radius 1 is 1.22 bits per heavy atom. The van der Waals surface area contributed by atoms with E-state index in [2.05, 4.69) is 20.4 Å². The van der Waals surface area contributed by atoms with Gasteiger partial charge in [-0.05, 0) is 36.4 Å². The predicted octanol–water partition coefficient (Wildman–Crippen LogP) is 4.13. The third kappa shape index (κ3) is 4.94. The lowest BCUT2D eigenvalue weighted by molar-refractivity contribution is -0.118. The van der Waals surface area contributed by atoms with Crippen LogP contribution in [0.5, 0.6) is 5.75 Å². The molecule has 8 nitrogen and oxygen atoms in total. The molecule has 0 spiro atoms. The average Bonchev–Trinajstić information content (AvgIpc) is 3.43. The smallest absolute Gasteiger partial charge is 0.263 e. The van der Waals surface area contributed by atoms with Crippen LogP contribution in [-0.4, -0.2) is 32.3 Å². The topological polar surface area (TPSA) is 102 Å².